The lowest BCUT2D eigenvalue weighted by atomic mass is 9.78. The molecule has 0 heterocycles. The van der Waals surface area contributed by atoms with Crippen LogP contribution in [0.2, 0.25) is 0 Å². The molecule has 0 radical (unpaired) electrons. The van der Waals surface area contributed by atoms with Crippen molar-refractivity contribution in [3.63, 3.8) is 0 Å². The summed E-state index contributed by atoms with van der Waals surface area (Å²) in [6, 6.07) is 9.10. The number of nitrogens with zero attached hydrogens (tertiary/aromatic N) is 1. The van der Waals surface area contributed by atoms with Gasteiger partial charge in [0.1, 0.15) is 5.75 Å². The van der Waals surface area contributed by atoms with Crippen LogP contribution in [-0.2, 0) is 4.79 Å². The summed E-state index contributed by atoms with van der Waals surface area (Å²) in [5.41, 5.74) is 0.578. The third-order valence-electron chi connectivity index (χ3n) is 4.70. The first-order valence-corrected chi connectivity index (χ1v) is 7.98. The van der Waals surface area contributed by atoms with Crippen LogP contribution in [-0.4, -0.2) is 18.1 Å². The molecule has 1 aromatic rings. The number of nitrogens with one attached hydrogen (secondary N) is 1. The number of carbonyl (C=O) groups excluding carboxylic acids is 1. The number of hydrogen-bond acceptors (Lipinski definition) is 3. The topological polar surface area (TPSA) is 62.1 Å². The molecule has 1 aliphatic rings. The van der Waals surface area contributed by atoms with Crippen LogP contribution in [0.5, 0.6) is 5.75 Å². The zero-order chi connectivity index (χ0) is 16.1. The van der Waals surface area contributed by atoms with Gasteiger partial charge in [-0.05, 0) is 49.4 Å². The Bertz CT molecular complexity index is 547. The van der Waals surface area contributed by atoms with Gasteiger partial charge in [0.2, 0.25) is 0 Å². The van der Waals surface area contributed by atoms with Crippen molar-refractivity contribution in [1.82, 2.24) is 5.32 Å². The number of rotatable bonds is 4. The van der Waals surface area contributed by atoms with Gasteiger partial charge in [0.25, 0.3) is 5.91 Å². The second-order valence-corrected chi connectivity index (χ2v) is 6.28. The van der Waals surface area contributed by atoms with Crippen molar-refractivity contribution in [2.24, 2.45) is 11.8 Å². The molecule has 0 aliphatic heterocycles. The zero-order valence-corrected chi connectivity index (χ0v) is 13.5. The molecule has 118 valence electrons. The van der Waals surface area contributed by atoms with Crippen molar-refractivity contribution in [2.45, 2.75) is 52.2 Å². The summed E-state index contributed by atoms with van der Waals surface area (Å²) in [4.78, 5) is 12.3. The Morgan fingerprint density at radius 3 is 2.64 bits per heavy atom. The van der Waals surface area contributed by atoms with Crippen LogP contribution in [0.15, 0.2) is 24.3 Å². The fraction of sp³-hybridized carbons (Fsp3) is 0.556. The van der Waals surface area contributed by atoms with Gasteiger partial charge in [0.05, 0.1) is 11.6 Å². The summed E-state index contributed by atoms with van der Waals surface area (Å²) in [6.07, 6.45) is 2.91. The van der Waals surface area contributed by atoms with Crippen LogP contribution in [0, 0.1) is 23.2 Å². The van der Waals surface area contributed by atoms with Crippen molar-refractivity contribution in [3.05, 3.63) is 29.8 Å². The van der Waals surface area contributed by atoms with Gasteiger partial charge in [-0.3, -0.25) is 4.79 Å². The number of nitriles is 1. The second-order valence-electron chi connectivity index (χ2n) is 6.28. The van der Waals surface area contributed by atoms with Crippen LogP contribution >= 0.6 is 0 Å². The molecule has 4 heteroatoms. The lowest BCUT2D eigenvalue weighted by Crippen LogP contribution is -2.48. The van der Waals surface area contributed by atoms with E-state index in [1.165, 1.54) is 12.8 Å². The van der Waals surface area contributed by atoms with Gasteiger partial charge in [-0.15, -0.1) is 0 Å². The Balaban J connectivity index is 1.90. The molecule has 1 aliphatic carbocycles. The van der Waals surface area contributed by atoms with E-state index in [2.05, 4.69) is 25.2 Å². The first-order valence-electron chi connectivity index (χ1n) is 7.98. The van der Waals surface area contributed by atoms with Crippen LogP contribution < -0.4 is 10.1 Å². The van der Waals surface area contributed by atoms with E-state index in [0.29, 0.717) is 23.1 Å². The number of ether oxygens (including phenoxy) is 1. The van der Waals surface area contributed by atoms with Crippen molar-refractivity contribution >= 4 is 5.91 Å². The molecule has 1 fully saturated rings. The molecule has 1 aromatic carbocycles. The lowest BCUT2D eigenvalue weighted by Gasteiger charge is -2.35. The average molecular weight is 300 g/mol. The number of carbonyl (C=O) groups is 1. The maximum atomic E-state index is 12.3. The fourth-order valence-electron chi connectivity index (χ4n) is 2.95. The van der Waals surface area contributed by atoms with E-state index in [1.807, 2.05) is 0 Å². The van der Waals surface area contributed by atoms with E-state index in [0.717, 1.165) is 6.42 Å². The third kappa shape index (κ3) is 4.00. The summed E-state index contributed by atoms with van der Waals surface area (Å²) < 4.78 is 5.66. The monoisotopic (exact) mass is 300 g/mol. The number of amides is 1. The SMILES string of the molecule is CC(Oc1ccc(C#N)cc1)C(=O)NC1CCCC(C)C1C. The van der Waals surface area contributed by atoms with Crippen LogP contribution in [0.25, 0.3) is 0 Å². The molecule has 0 saturated heterocycles. The molecule has 22 heavy (non-hydrogen) atoms. The predicted octanol–water partition coefficient (Wildman–Crippen LogP) is 3.27. The molecule has 1 amide bonds. The average Bonchev–Trinajstić information content (AvgIpc) is 2.52. The zero-order valence-electron chi connectivity index (χ0n) is 13.5. The molecule has 4 nitrogen and oxygen atoms in total. The fourth-order valence-corrected chi connectivity index (χ4v) is 2.95. The molecule has 0 bridgehead atoms. The van der Waals surface area contributed by atoms with Gasteiger partial charge in [0.15, 0.2) is 6.10 Å². The molecular weight excluding hydrogens is 276 g/mol. The maximum absolute atomic E-state index is 12.3. The maximum Gasteiger partial charge on any atom is 0.261 e. The molecule has 4 atom stereocenters. The van der Waals surface area contributed by atoms with Gasteiger partial charge in [-0.2, -0.15) is 5.26 Å². The molecule has 1 saturated carbocycles. The summed E-state index contributed by atoms with van der Waals surface area (Å²) in [5.74, 6) is 1.68. The minimum atomic E-state index is -0.544. The Morgan fingerprint density at radius 2 is 2.00 bits per heavy atom. The lowest BCUT2D eigenvalue weighted by molar-refractivity contribution is -0.128. The van der Waals surface area contributed by atoms with E-state index in [9.17, 15) is 4.79 Å². The molecule has 2 rings (SSSR count). The first kappa shape index (κ1) is 16.4. The highest BCUT2D eigenvalue weighted by molar-refractivity contribution is 5.81. The Labute approximate surface area is 132 Å². The van der Waals surface area contributed by atoms with Crippen LogP contribution in [0.1, 0.15) is 45.6 Å². The normalized spacial score (nSPS) is 25.8. The minimum absolute atomic E-state index is 0.0738. The van der Waals surface area contributed by atoms with Crippen LogP contribution in [0.4, 0.5) is 0 Å². The number of benzene rings is 1. The highest BCUT2D eigenvalue weighted by Crippen LogP contribution is 2.29. The summed E-state index contributed by atoms with van der Waals surface area (Å²) in [5, 5.41) is 11.9. The standard InChI is InChI=1S/C18H24N2O2/c1-12-5-4-6-17(13(12)2)20-18(21)14(3)22-16-9-7-15(11-19)8-10-16/h7-10,12-14,17H,4-6H2,1-3H3,(H,20,21). The van der Waals surface area contributed by atoms with Crippen molar-refractivity contribution in [1.29, 1.82) is 5.26 Å². The van der Waals surface area contributed by atoms with Gasteiger partial charge in [0, 0.05) is 6.04 Å². The molecular formula is C18H24N2O2. The summed E-state index contributed by atoms with van der Waals surface area (Å²) >= 11 is 0. The predicted molar refractivity (Wildman–Crippen MR) is 85.4 cm³/mol. The van der Waals surface area contributed by atoms with Crippen LogP contribution in [0.3, 0.4) is 0 Å². The molecule has 4 unspecified atom stereocenters. The van der Waals surface area contributed by atoms with E-state index in [1.54, 1.807) is 31.2 Å². The Kier molecular flexibility index (Phi) is 5.43. The quantitative estimate of drug-likeness (QED) is 0.928. The van der Waals surface area contributed by atoms with Gasteiger partial charge in [-0.25, -0.2) is 0 Å². The largest absolute Gasteiger partial charge is 0.481 e. The molecule has 0 spiro atoms. The van der Waals surface area contributed by atoms with E-state index in [-0.39, 0.29) is 11.9 Å². The van der Waals surface area contributed by atoms with E-state index in [4.69, 9.17) is 10.00 Å². The number of hydrogen-bond donors (Lipinski definition) is 1. The summed E-state index contributed by atoms with van der Waals surface area (Å²) in [7, 11) is 0. The van der Waals surface area contributed by atoms with Crippen molar-refractivity contribution in [3.8, 4) is 11.8 Å². The first-order chi connectivity index (χ1) is 10.5. The Hall–Kier alpha value is -2.02. The smallest absolute Gasteiger partial charge is 0.261 e. The third-order valence-corrected chi connectivity index (χ3v) is 4.70. The minimum Gasteiger partial charge on any atom is -0.481 e. The highest BCUT2D eigenvalue weighted by Gasteiger charge is 2.29. The van der Waals surface area contributed by atoms with Gasteiger partial charge >= 0.3 is 0 Å². The van der Waals surface area contributed by atoms with E-state index >= 15 is 0 Å². The molecule has 1 N–H and O–H groups in total. The second kappa shape index (κ2) is 7.31. The molecule has 0 aromatic heterocycles. The highest BCUT2D eigenvalue weighted by atomic mass is 16.5. The Morgan fingerprint density at radius 1 is 1.32 bits per heavy atom. The van der Waals surface area contributed by atoms with Gasteiger partial charge < -0.3 is 10.1 Å². The van der Waals surface area contributed by atoms with Gasteiger partial charge in [-0.1, -0.05) is 26.7 Å². The van der Waals surface area contributed by atoms with Crippen molar-refractivity contribution in [2.75, 3.05) is 0 Å². The van der Waals surface area contributed by atoms with Crippen molar-refractivity contribution < 1.29 is 9.53 Å². The summed E-state index contributed by atoms with van der Waals surface area (Å²) in [6.45, 7) is 6.21. The van der Waals surface area contributed by atoms with E-state index < -0.39 is 6.10 Å².